The van der Waals surface area contributed by atoms with Crippen LogP contribution in [0.15, 0.2) is 6.20 Å². The van der Waals surface area contributed by atoms with Gasteiger partial charge in [-0.15, -0.1) is 0 Å². The maximum absolute atomic E-state index is 11.5. The Kier molecular flexibility index (Phi) is 4.54. The fourth-order valence-electron chi connectivity index (χ4n) is 1.11. The molecule has 1 N–H and O–H groups in total. The number of nitrogens with one attached hydrogen (secondary N) is 1. The van der Waals surface area contributed by atoms with E-state index in [-0.39, 0.29) is 15.9 Å². The molecule has 0 aliphatic carbocycles. The van der Waals surface area contributed by atoms with E-state index in [1.807, 2.05) is 0 Å². The number of hydrogen-bond donors (Lipinski definition) is 1. The molecule has 19 heavy (non-hydrogen) atoms. The third-order valence-electron chi connectivity index (χ3n) is 1.75. The van der Waals surface area contributed by atoms with Crippen LogP contribution in [-0.4, -0.2) is 21.6 Å². The average Bonchev–Trinajstić information content (AvgIpc) is 2.20. The second-order valence-electron chi connectivity index (χ2n) is 4.50. The molecule has 0 aliphatic heterocycles. The van der Waals surface area contributed by atoms with E-state index in [2.05, 4.69) is 10.3 Å². The van der Waals surface area contributed by atoms with Crippen LogP contribution < -0.4 is 5.32 Å². The van der Waals surface area contributed by atoms with Crippen LogP contribution in [0.3, 0.4) is 0 Å². The van der Waals surface area contributed by atoms with Crippen LogP contribution in [-0.2, 0) is 4.74 Å². The lowest BCUT2D eigenvalue weighted by Gasteiger charge is -2.19. The summed E-state index contributed by atoms with van der Waals surface area (Å²) < 4.78 is 4.96. The number of halogens is 2. The Bertz CT molecular complexity index is 528. The first-order chi connectivity index (χ1) is 8.61. The minimum absolute atomic E-state index is 0.0805. The molecule has 0 radical (unpaired) electrons. The molecular weight excluding hydrogens is 297 g/mol. The van der Waals surface area contributed by atoms with Gasteiger partial charge in [-0.2, -0.15) is 0 Å². The Morgan fingerprint density at radius 2 is 2.05 bits per heavy atom. The average molecular weight is 308 g/mol. The molecule has 0 spiro atoms. The maximum Gasteiger partial charge on any atom is 0.413 e. The molecule has 0 atom stereocenters. The van der Waals surface area contributed by atoms with Gasteiger partial charge in [-0.3, -0.25) is 15.4 Å². The van der Waals surface area contributed by atoms with Crippen molar-refractivity contribution >= 4 is 40.8 Å². The number of carbonyl (C=O) groups is 1. The third kappa shape index (κ3) is 4.22. The lowest BCUT2D eigenvalue weighted by molar-refractivity contribution is -0.384. The van der Waals surface area contributed by atoms with E-state index < -0.39 is 22.3 Å². The Morgan fingerprint density at radius 1 is 1.47 bits per heavy atom. The molecule has 1 aromatic rings. The number of nitrogens with zero attached hydrogens (tertiary/aromatic N) is 2. The quantitative estimate of drug-likeness (QED) is 0.664. The van der Waals surface area contributed by atoms with Crippen molar-refractivity contribution in [1.29, 1.82) is 0 Å². The number of rotatable bonds is 2. The molecular formula is C10H11Cl2N3O4. The molecule has 9 heteroatoms. The Morgan fingerprint density at radius 3 is 2.53 bits per heavy atom. The zero-order valence-electron chi connectivity index (χ0n) is 10.4. The minimum atomic E-state index is -0.874. The van der Waals surface area contributed by atoms with Crippen molar-refractivity contribution in [2.75, 3.05) is 5.32 Å². The van der Waals surface area contributed by atoms with Crippen molar-refractivity contribution in [1.82, 2.24) is 4.98 Å². The van der Waals surface area contributed by atoms with E-state index in [1.165, 1.54) is 0 Å². The highest BCUT2D eigenvalue weighted by Gasteiger charge is 2.26. The molecule has 0 aromatic carbocycles. The molecule has 0 aliphatic rings. The highest BCUT2D eigenvalue weighted by atomic mass is 35.5. The first-order valence-corrected chi connectivity index (χ1v) is 5.86. The molecule has 0 unspecified atom stereocenters. The van der Waals surface area contributed by atoms with Crippen molar-refractivity contribution in [3.05, 3.63) is 26.4 Å². The molecule has 1 aromatic heterocycles. The molecule has 1 heterocycles. The van der Waals surface area contributed by atoms with Crippen LogP contribution in [0.1, 0.15) is 20.8 Å². The summed E-state index contributed by atoms with van der Waals surface area (Å²) in [6.07, 6.45) is 0.227. The number of carbonyl (C=O) groups excluding carboxylic acids is 1. The standard InChI is InChI=1S/C10H11Cl2N3O4/c1-10(2,3)19-9(16)14-8-7(15(17)18)6(12)5(11)4-13-8/h4H,1-3H3,(H,13,14,16). The van der Waals surface area contributed by atoms with Crippen molar-refractivity contribution in [3.63, 3.8) is 0 Å². The van der Waals surface area contributed by atoms with Crippen LogP contribution in [0.4, 0.5) is 16.3 Å². The lowest BCUT2D eigenvalue weighted by atomic mass is 10.2. The molecule has 0 fully saturated rings. The number of anilines is 1. The second-order valence-corrected chi connectivity index (χ2v) is 5.29. The van der Waals surface area contributed by atoms with Gasteiger partial charge in [0.25, 0.3) is 0 Å². The van der Waals surface area contributed by atoms with Gasteiger partial charge < -0.3 is 4.74 Å². The van der Waals surface area contributed by atoms with Crippen LogP contribution in [0.2, 0.25) is 10.0 Å². The van der Waals surface area contributed by atoms with Gasteiger partial charge in [-0.05, 0) is 20.8 Å². The summed E-state index contributed by atoms with van der Waals surface area (Å²) in [5, 5.41) is 12.7. The summed E-state index contributed by atoms with van der Waals surface area (Å²) in [5.74, 6) is -0.325. The minimum Gasteiger partial charge on any atom is -0.444 e. The zero-order chi connectivity index (χ0) is 14.8. The molecule has 0 bridgehead atoms. The van der Waals surface area contributed by atoms with Crippen LogP contribution in [0, 0.1) is 10.1 Å². The number of hydrogen-bond acceptors (Lipinski definition) is 5. The largest absolute Gasteiger partial charge is 0.444 e. The van der Waals surface area contributed by atoms with Crippen LogP contribution >= 0.6 is 23.2 Å². The van der Waals surface area contributed by atoms with Gasteiger partial charge >= 0.3 is 11.8 Å². The van der Waals surface area contributed by atoms with Crippen molar-refractivity contribution in [2.24, 2.45) is 0 Å². The lowest BCUT2D eigenvalue weighted by Crippen LogP contribution is -2.27. The molecule has 7 nitrogen and oxygen atoms in total. The van der Waals surface area contributed by atoms with Gasteiger partial charge in [0.2, 0.25) is 5.82 Å². The number of ether oxygens (including phenoxy) is 1. The van der Waals surface area contributed by atoms with Crippen LogP contribution in [0.5, 0.6) is 0 Å². The molecule has 0 saturated heterocycles. The van der Waals surface area contributed by atoms with Gasteiger partial charge in [0.15, 0.2) is 0 Å². The van der Waals surface area contributed by atoms with E-state index >= 15 is 0 Å². The monoisotopic (exact) mass is 307 g/mol. The number of amides is 1. The van der Waals surface area contributed by atoms with Crippen LogP contribution in [0.25, 0.3) is 0 Å². The highest BCUT2D eigenvalue weighted by molar-refractivity contribution is 6.43. The van der Waals surface area contributed by atoms with Gasteiger partial charge in [0.1, 0.15) is 10.6 Å². The fourth-order valence-corrected chi connectivity index (χ4v) is 1.46. The molecule has 0 saturated carbocycles. The number of nitro groups is 1. The zero-order valence-corrected chi connectivity index (χ0v) is 11.9. The fraction of sp³-hybridized carbons (Fsp3) is 0.400. The van der Waals surface area contributed by atoms with E-state index in [0.717, 1.165) is 6.20 Å². The molecule has 1 rings (SSSR count). The first-order valence-electron chi connectivity index (χ1n) is 5.10. The topological polar surface area (TPSA) is 94.4 Å². The summed E-state index contributed by atoms with van der Waals surface area (Å²) in [6, 6.07) is 0. The molecule has 104 valence electrons. The van der Waals surface area contributed by atoms with Gasteiger partial charge in [-0.1, -0.05) is 23.2 Å². The SMILES string of the molecule is CC(C)(C)OC(=O)Nc1ncc(Cl)c(Cl)c1[N+](=O)[O-]. The van der Waals surface area contributed by atoms with E-state index in [0.29, 0.717) is 0 Å². The Hall–Kier alpha value is -1.60. The summed E-state index contributed by atoms with van der Waals surface area (Å²) in [5.41, 5.74) is -1.32. The normalized spacial score (nSPS) is 11.0. The first kappa shape index (κ1) is 15.5. The van der Waals surface area contributed by atoms with Gasteiger partial charge in [0.05, 0.1) is 9.95 Å². The summed E-state index contributed by atoms with van der Waals surface area (Å²) in [4.78, 5) is 25.3. The third-order valence-corrected chi connectivity index (χ3v) is 2.52. The predicted octanol–water partition coefficient (Wildman–Crippen LogP) is 3.64. The Labute approximate surface area is 119 Å². The van der Waals surface area contributed by atoms with Gasteiger partial charge in [-0.25, -0.2) is 9.78 Å². The summed E-state index contributed by atoms with van der Waals surface area (Å²) >= 11 is 11.3. The second kappa shape index (κ2) is 5.58. The maximum atomic E-state index is 11.5. The van der Waals surface area contributed by atoms with Crippen molar-refractivity contribution < 1.29 is 14.5 Å². The summed E-state index contributed by atoms with van der Waals surface area (Å²) in [6.45, 7) is 4.97. The smallest absolute Gasteiger partial charge is 0.413 e. The van der Waals surface area contributed by atoms with E-state index in [1.54, 1.807) is 20.8 Å². The number of aromatic nitrogens is 1. The summed E-state index contributed by atoms with van der Waals surface area (Å²) in [7, 11) is 0. The van der Waals surface area contributed by atoms with E-state index in [4.69, 9.17) is 27.9 Å². The Balaban J connectivity index is 3.05. The van der Waals surface area contributed by atoms with Crippen molar-refractivity contribution in [3.8, 4) is 0 Å². The van der Waals surface area contributed by atoms with Crippen molar-refractivity contribution in [2.45, 2.75) is 26.4 Å². The van der Waals surface area contributed by atoms with E-state index in [9.17, 15) is 14.9 Å². The number of pyridine rings is 1. The van der Waals surface area contributed by atoms with Gasteiger partial charge in [0, 0.05) is 6.20 Å². The highest BCUT2D eigenvalue weighted by Crippen LogP contribution is 2.36. The predicted molar refractivity (Wildman–Crippen MR) is 70.8 cm³/mol. The molecule has 1 amide bonds.